The number of hydrogen-bond acceptors (Lipinski definition) is 4. The molecule has 2 nitrogen and oxygen atoms in total. The predicted octanol–water partition coefficient (Wildman–Crippen LogP) is 3.27. The molecule has 0 fully saturated rings. The molecule has 0 saturated carbocycles. The maximum absolute atomic E-state index is 4.52. The van der Waals surface area contributed by atoms with E-state index in [1.54, 1.807) is 22.7 Å². The fourth-order valence-corrected chi connectivity index (χ4v) is 2.88. The molecule has 0 aromatic carbocycles. The van der Waals surface area contributed by atoms with Crippen LogP contribution in [0.1, 0.15) is 31.2 Å². The second-order valence-corrected chi connectivity index (χ2v) is 4.67. The number of fused-ring (bicyclic) bond motifs is 1. The van der Waals surface area contributed by atoms with Crippen LogP contribution < -0.4 is 0 Å². The molecule has 1 atom stereocenters. The first-order chi connectivity index (χ1) is 5.81. The van der Waals surface area contributed by atoms with E-state index in [2.05, 4.69) is 23.8 Å². The highest BCUT2D eigenvalue weighted by Gasteiger charge is 2.10. The summed E-state index contributed by atoms with van der Waals surface area (Å²) in [5.74, 6) is 0.580. The second-order valence-electron chi connectivity index (χ2n) is 2.82. The minimum atomic E-state index is 0.580. The number of hydrogen-bond donors (Lipinski definition) is 0. The van der Waals surface area contributed by atoms with Crippen LogP contribution >= 0.6 is 22.7 Å². The Labute approximate surface area is 79.3 Å². The quantitative estimate of drug-likeness (QED) is 0.740. The third-order valence-corrected chi connectivity index (χ3v) is 4.01. The average Bonchev–Trinajstić information content (AvgIpc) is 2.60. The van der Waals surface area contributed by atoms with E-state index in [1.165, 1.54) is 5.01 Å². The third kappa shape index (κ3) is 1.25. The van der Waals surface area contributed by atoms with E-state index < -0.39 is 0 Å². The van der Waals surface area contributed by atoms with E-state index in [0.29, 0.717) is 5.92 Å². The predicted molar refractivity (Wildman–Crippen MR) is 54.0 cm³/mol. The average molecular weight is 198 g/mol. The summed E-state index contributed by atoms with van der Waals surface area (Å²) in [6.07, 6.45) is 1.15. The van der Waals surface area contributed by atoms with Crippen molar-refractivity contribution < 1.29 is 0 Å². The van der Waals surface area contributed by atoms with Crippen molar-refractivity contribution in [2.45, 2.75) is 26.2 Å². The van der Waals surface area contributed by atoms with Crippen molar-refractivity contribution in [3.05, 3.63) is 10.5 Å². The number of nitrogens with zero attached hydrogens (tertiary/aromatic N) is 2. The van der Waals surface area contributed by atoms with Crippen molar-refractivity contribution in [1.82, 2.24) is 9.97 Å². The van der Waals surface area contributed by atoms with Gasteiger partial charge in [0.15, 0.2) is 9.66 Å². The number of aromatic nitrogens is 2. The standard InChI is InChI=1S/C8H10N2S2/c1-3-5(2)6-10-8-7(12-6)9-4-11-8/h4-5H,3H2,1-2H3. The van der Waals surface area contributed by atoms with Crippen LogP contribution in [0.15, 0.2) is 5.51 Å². The van der Waals surface area contributed by atoms with Gasteiger partial charge < -0.3 is 0 Å². The summed E-state index contributed by atoms with van der Waals surface area (Å²) in [7, 11) is 0. The Morgan fingerprint density at radius 3 is 3.00 bits per heavy atom. The van der Waals surface area contributed by atoms with Crippen molar-refractivity contribution in [2.24, 2.45) is 0 Å². The summed E-state index contributed by atoms with van der Waals surface area (Å²) in [6.45, 7) is 4.40. The normalized spacial score (nSPS) is 13.8. The second kappa shape index (κ2) is 3.11. The van der Waals surface area contributed by atoms with Crippen LogP contribution in [0.25, 0.3) is 9.66 Å². The molecule has 4 heteroatoms. The van der Waals surface area contributed by atoms with Crippen LogP contribution in [0.4, 0.5) is 0 Å². The SMILES string of the molecule is CCC(C)c1nc2scnc2s1. The summed E-state index contributed by atoms with van der Waals surface area (Å²) in [4.78, 5) is 10.9. The van der Waals surface area contributed by atoms with E-state index in [9.17, 15) is 0 Å². The zero-order valence-electron chi connectivity index (χ0n) is 7.07. The lowest BCUT2D eigenvalue weighted by atomic mass is 10.1. The van der Waals surface area contributed by atoms with E-state index in [1.807, 2.05) is 5.51 Å². The maximum atomic E-state index is 4.52. The molecule has 1 unspecified atom stereocenters. The molecule has 0 bridgehead atoms. The molecule has 0 N–H and O–H groups in total. The van der Waals surface area contributed by atoms with Crippen LogP contribution in [0.2, 0.25) is 0 Å². The van der Waals surface area contributed by atoms with Crippen molar-refractivity contribution >= 4 is 32.3 Å². The van der Waals surface area contributed by atoms with Gasteiger partial charge in [-0.05, 0) is 6.42 Å². The first-order valence-corrected chi connectivity index (χ1v) is 5.70. The van der Waals surface area contributed by atoms with E-state index >= 15 is 0 Å². The van der Waals surface area contributed by atoms with Gasteiger partial charge in [-0.1, -0.05) is 25.2 Å². The minimum absolute atomic E-state index is 0.580. The molecule has 2 rings (SSSR count). The van der Waals surface area contributed by atoms with Crippen LogP contribution in [-0.2, 0) is 0 Å². The first kappa shape index (κ1) is 8.13. The molecular weight excluding hydrogens is 188 g/mol. The topological polar surface area (TPSA) is 25.8 Å². The van der Waals surface area contributed by atoms with Crippen LogP contribution in [0, 0.1) is 0 Å². The Balaban J connectivity index is 2.44. The Kier molecular flexibility index (Phi) is 2.11. The molecule has 2 heterocycles. The van der Waals surface area contributed by atoms with Crippen LogP contribution in [-0.4, -0.2) is 9.97 Å². The molecule has 12 heavy (non-hydrogen) atoms. The number of thiazole rings is 2. The van der Waals surface area contributed by atoms with Gasteiger partial charge in [0.25, 0.3) is 0 Å². The fraction of sp³-hybridized carbons (Fsp3) is 0.500. The van der Waals surface area contributed by atoms with E-state index in [-0.39, 0.29) is 0 Å². The summed E-state index contributed by atoms with van der Waals surface area (Å²) in [5.41, 5.74) is 1.86. The largest absolute Gasteiger partial charge is 0.232 e. The maximum Gasteiger partial charge on any atom is 0.154 e. The van der Waals surface area contributed by atoms with Crippen molar-refractivity contribution in [3.63, 3.8) is 0 Å². The Morgan fingerprint density at radius 1 is 1.50 bits per heavy atom. The van der Waals surface area contributed by atoms with Gasteiger partial charge >= 0.3 is 0 Å². The zero-order valence-corrected chi connectivity index (χ0v) is 8.71. The molecule has 0 saturated heterocycles. The Hall–Kier alpha value is -0.480. The smallest absolute Gasteiger partial charge is 0.154 e. The van der Waals surface area contributed by atoms with Gasteiger partial charge in [-0.3, -0.25) is 0 Å². The Morgan fingerprint density at radius 2 is 2.33 bits per heavy atom. The molecule has 64 valence electrons. The summed E-state index contributed by atoms with van der Waals surface area (Å²) < 4.78 is 0. The Bertz CT molecular complexity index is 348. The minimum Gasteiger partial charge on any atom is -0.232 e. The summed E-state index contributed by atoms with van der Waals surface area (Å²) in [6, 6.07) is 0. The summed E-state index contributed by atoms with van der Waals surface area (Å²) >= 11 is 3.35. The lowest BCUT2D eigenvalue weighted by Crippen LogP contribution is -1.87. The highest BCUT2D eigenvalue weighted by molar-refractivity contribution is 7.25. The lowest BCUT2D eigenvalue weighted by molar-refractivity contribution is 0.729. The van der Waals surface area contributed by atoms with Gasteiger partial charge in [0.05, 0.1) is 10.5 Å². The molecule has 2 aromatic rings. The van der Waals surface area contributed by atoms with Gasteiger partial charge in [0.1, 0.15) is 0 Å². The highest BCUT2D eigenvalue weighted by atomic mass is 32.1. The van der Waals surface area contributed by atoms with Gasteiger partial charge in [0, 0.05) is 5.92 Å². The van der Waals surface area contributed by atoms with Gasteiger partial charge in [0.2, 0.25) is 0 Å². The molecule has 0 radical (unpaired) electrons. The van der Waals surface area contributed by atoms with Crippen LogP contribution in [0.5, 0.6) is 0 Å². The summed E-state index contributed by atoms with van der Waals surface area (Å²) in [5, 5.41) is 1.23. The molecular formula is C8H10N2S2. The van der Waals surface area contributed by atoms with Gasteiger partial charge in [-0.15, -0.1) is 11.3 Å². The fourth-order valence-electron chi connectivity index (χ4n) is 0.981. The molecule has 2 aromatic heterocycles. The molecule has 0 aliphatic carbocycles. The van der Waals surface area contributed by atoms with Crippen LogP contribution in [0.3, 0.4) is 0 Å². The highest BCUT2D eigenvalue weighted by Crippen LogP contribution is 2.29. The van der Waals surface area contributed by atoms with E-state index in [0.717, 1.165) is 16.1 Å². The lowest BCUT2D eigenvalue weighted by Gasteiger charge is -2.00. The molecule has 0 aliphatic heterocycles. The molecule has 0 spiro atoms. The molecule has 0 amide bonds. The van der Waals surface area contributed by atoms with E-state index in [4.69, 9.17) is 0 Å². The van der Waals surface area contributed by atoms with Gasteiger partial charge in [-0.25, -0.2) is 9.97 Å². The zero-order chi connectivity index (χ0) is 8.55. The van der Waals surface area contributed by atoms with Crippen molar-refractivity contribution in [1.29, 1.82) is 0 Å². The van der Waals surface area contributed by atoms with Crippen molar-refractivity contribution in [2.75, 3.05) is 0 Å². The van der Waals surface area contributed by atoms with Crippen molar-refractivity contribution in [3.8, 4) is 0 Å². The monoisotopic (exact) mass is 198 g/mol. The van der Waals surface area contributed by atoms with Gasteiger partial charge in [-0.2, -0.15) is 0 Å². The third-order valence-electron chi connectivity index (χ3n) is 1.96. The first-order valence-electron chi connectivity index (χ1n) is 4.01. The number of rotatable bonds is 2. The molecule has 0 aliphatic rings.